The number of aromatic amines is 1. The summed E-state index contributed by atoms with van der Waals surface area (Å²) in [5, 5.41) is 0.0371. The van der Waals surface area contributed by atoms with E-state index in [1.165, 1.54) is 26.0 Å². The van der Waals surface area contributed by atoms with E-state index in [4.69, 9.17) is 9.47 Å². The molecule has 23 heavy (non-hydrogen) atoms. The van der Waals surface area contributed by atoms with Crippen molar-refractivity contribution in [3.05, 3.63) is 18.2 Å². The Kier molecular flexibility index (Phi) is 5.86. The number of esters is 2. The number of methoxy groups -OCH3 is 3. The SMILES string of the molecule is COC(=O)CCC(Sc1nc2ccc(OC)cc2[nH]1)C(=O)OC. The van der Waals surface area contributed by atoms with Crippen LogP contribution in [-0.2, 0) is 19.1 Å². The van der Waals surface area contributed by atoms with Crippen LogP contribution in [0.15, 0.2) is 23.4 Å². The summed E-state index contributed by atoms with van der Waals surface area (Å²) in [5.74, 6) is -0.0568. The van der Waals surface area contributed by atoms with Crippen molar-refractivity contribution < 1.29 is 23.8 Å². The van der Waals surface area contributed by atoms with Crippen LogP contribution in [-0.4, -0.2) is 48.5 Å². The van der Waals surface area contributed by atoms with Crippen molar-refractivity contribution in [2.75, 3.05) is 21.3 Å². The largest absolute Gasteiger partial charge is 0.497 e. The summed E-state index contributed by atoms with van der Waals surface area (Å²) in [6.45, 7) is 0. The van der Waals surface area contributed by atoms with Crippen molar-refractivity contribution in [2.24, 2.45) is 0 Å². The van der Waals surface area contributed by atoms with Gasteiger partial charge < -0.3 is 19.2 Å². The number of fused-ring (bicyclic) bond motifs is 1. The highest BCUT2D eigenvalue weighted by Gasteiger charge is 2.23. The van der Waals surface area contributed by atoms with Gasteiger partial charge in [-0.1, -0.05) is 11.8 Å². The summed E-state index contributed by atoms with van der Waals surface area (Å²) in [6.07, 6.45) is 0.446. The van der Waals surface area contributed by atoms with E-state index in [0.717, 1.165) is 11.0 Å². The van der Waals surface area contributed by atoms with Crippen LogP contribution < -0.4 is 4.74 Å². The van der Waals surface area contributed by atoms with E-state index in [1.807, 2.05) is 18.2 Å². The Morgan fingerprint density at radius 3 is 2.70 bits per heavy atom. The van der Waals surface area contributed by atoms with Gasteiger partial charge in [-0.05, 0) is 18.6 Å². The molecule has 1 unspecified atom stereocenters. The summed E-state index contributed by atoms with van der Waals surface area (Å²) in [4.78, 5) is 30.7. The average molecular weight is 338 g/mol. The van der Waals surface area contributed by atoms with Crippen molar-refractivity contribution in [1.82, 2.24) is 9.97 Å². The molecular formula is C15H18N2O5S. The molecule has 1 atom stereocenters. The first-order valence-corrected chi connectivity index (χ1v) is 7.80. The molecule has 1 aromatic heterocycles. The van der Waals surface area contributed by atoms with Gasteiger partial charge in [0.2, 0.25) is 0 Å². The lowest BCUT2D eigenvalue weighted by molar-refractivity contribution is -0.142. The summed E-state index contributed by atoms with van der Waals surface area (Å²) < 4.78 is 14.6. The summed E-state index contributed by atoms with van der Waals surface area (Å²) >= 11 is 1.22. The van der Waals surface area contributed by atoms with E-state index in [9.17, 15) is 9.59 Å². The number of H-pyrrole nitrogens is 1. The maximum Gasteiger partial charge on any atom is 0.319 e. The third-order valence-electron chi connectivity index (χ3n) is 3.22. The second-order valence-electron chi connectivity index (χ2n) is 4.67. The van der Waals surface area contributed by atoms with Gasteiger partial charge in [-0.25, -0.2) is 4.98 Å². The number of hydrogen-bond acceptors (Lipinski definition) is 7. The fourth-order valence-corrected chi connectivity index (χ4v) is 3.01. The van der Waals surface area contributed by atoms with Gasteiger partial charge in [0.1, 0.15) is 11.0 Å². The van der Waals surface area contributed by atoms with Crippen LogP contribution in [0, 0.1) is 0 Å². The first-order valence-electron chi connectivity index (χ1n) is 6.92. The van der Waals surface area contributed by atoms with Gasteiger partial charge in [-0.2, -0.15) is 0 Å². The Morgan fingerprint density at radius 2 is 2.04 bits per heavy atom. The highest BCUT2D eigenvalue weighted by atomic mass is 32.2. The lowest BCUT2D eigenvalue weighted by Gasteiger charge is -2.11. The molecule has 124 valence electrons. The van der Waals surface area contributed by atoms with Crippen molar-refractivity contribution in [2.45, 2.75) is 23.2 Å². The van der Waals surface area contributed by atoms with E-state index in [1.54, 1.807) is 7.11 Å². The fraction of sp³-hybridized carbons (Fsp3) is 0.400. The summed E-state index contributed by atoms with van der Waals surface area (Å²) in [5.41, 5.74) is 1.58. The monoisotopic (exact) mass is 338 g/mol. The predicted octanol–water partition coefficient (Wildman–Crippen LogP) is 2.16. The number of rotatable bonds is 7. The molecule has 8 heteroatoms. The van der Waals surface area contributed by atoms with Gasteiger partial charge in [-0.3, -0.25) is 9.59 Å². The molecule has 0 amide bonds. The predicted molar refractivity (Wildman–Crippen MR) is 85.6 cm³/mol. The number of thioether (sulfide) groups is 1. The number of imidazole rings is 1. The van der Waals surface area contributed by atoms with Gasteiger partial charge in [0.25, 0.3) is 0 Å². The number of hydrogen-bond donors (Lipinski definition) is 1. The maximum absolute atomic E-state index is 11.9. The van der Waals surface area contributed by atoms with E-state index in [0.29, 0.717) is 17.3 Å². The minimum absolute atomic E-state index is 0.136. The zero-order chi connectivity index (χ0) is 16.8. The number of carbonyl (C=O) groups excluding carboxylic acids is 2. The minimum Gasteiger partial charge on any atom is -0.497 e. The van der Waals surface area contributed by atoms with Crippen molar-refractivity contribution >= 4 is 34.7 Å². The van der Waals surface area contributed by atoms with Crippen LogP contribution in [0.2, 0.25) is 0 Å². The van der Waals surface area contributed by atoms with Crippen molar-refractivity contribution in [1.29, 1.82) is 0 Å². The Hall–Kier alpha value is -2.22. The number of aromatic nitrogens is 2. The van der Waals surface area contributed by atoms with Gasteiger partial charge in [0, 0.05) is 12.5 Å². The molecule has 0 aliphatic heterocycles. The first kappa shape index (κ1) is 17.1. The van der Waals surface area contributed by atoms with Crippen LogP contribution in [0.3, 0.4) is 0 Å². The van der Waals surface area contributed by atoms with Gasteiger partial charge >= 0.3 is 11.9 Å². The van der Waals surface area contributed by atoms with Crippen LogP contribution in [0.1, 0.15) is 12.8 Å². The topological polar surface area (TPSA) is 90.5 Å². The third-order valence-corrected chi connectivity index (χ3v) is 4.35. The zero-order valence-electron chi connectivity index (χ0n) is 13.1. The quantitative estimate of drug-likeness (QED) is 0.611. The molecule has 0 saturated heterocycles. The lowest BCUT2D eigenvalue weighted by atomic mass is 10.2. The van der Waals surface area contributed by atoms with Gasteiger partial charge in [0.05, 0.1) is 32.4 Å². The van der Waals surface area contributed by atoms with Crippen LogP contribution in [0.5, 0.6) is 5.75 Å². The molecule has 0 radical (unpaired) electrons. The molecule has 1 N–H and O–H groups in total. The van der Waals surface area contributed by atoms with Crippen LogP contribution >= 0.6 is 11.8 Å². The molecule has 1 aromatic carbocycles. The molecule has 2 aromatic rings. The van der Waals surface area contributed by atoms with E-state index < -0.39 is 11.2 Å². The Morgan fingerprint density at radius 1 is 1.26 bits per heavy atom. The molecule has 7 nitrogen and oxygen atoms in total. The van der Waals surface area contributed by atoms with E-state index in [-0.39, 0.29) is 12.4 Å². The summed E-state index contributed by atoms with van der Waals surface area (Å²) in [6, 6.07) is 5.47. The molecule has 0 saturated carbocycles. The normalized spacial score (nSPS) is 12.0. The molecule has 0 spiro atoms. The second-order valence-corrected chi connectivity index (χ2v) is 5.86. The van der Waals surface area contributed by atoms with Gasteiger partial charge in [-0.15, -0.1) is 0 Å². The summed E-state index contributed by atoms with van der Waals surface area (Å²) in [7, 11) is 4.22. The Balaban J connectivity index is 2.14. The second kappa shape index (κ2) is 7.87. The molecular weight excluding hydrogens is 320 g/mol. The number of carbonyl (C=O) groups is 2. The molecule has 0 fully saturated rings. The van der Waals surface area contributed by atoms with E-state index >= 15 is 0 Å². The van der Waals surface area contributed by atoms with Crippen molar-refractivity contribution in [3.8, 4) is 5.75 Å². The first-order chi connectivity index (χ1) is 11.1. The molecule has 0 aliphatic carbocycles. The van der Waals surface area contributed by atoms with Crippen LogP contribution in [0.25, 0.3) is 11.0 Å². The maximum atomic E-state index is 11.9. The third kappa shape index (κ3) is 4.38. The number of benzene rings is 1. The average Bonchev–Trinajstić information content (AvgIpc) is 2.98. The highest BCUT2D eigenvalue weighted by molar-refractivity contribution is 8.00. The molecule has 0 bridgehead atoms. The van der Waals surface area contributed by atoms with E-state index in [2.05, 4.69) is 14.7 Å². The van der Waals surface area contributed by atoms with Gasteiger partial charge in [0.15, 0.2) is 5.16 Å². The number of ether oxygens (including phenoxy) is 3. The minimum atomic E-state index is -0.540. The zero-order valence-corrected chi connectivity index (χ0v) is 13.9. The smallest absolute Gasteiger partial charge is 0.319 e. The Bertz CT molecular complexity index is 700. The lowest BCUT2D eigenvalue weighted by Crippen LogP contribution is -2.20. The Labute approximate surface area is 137 Å². The number of nitrogens with zero attached hydrogens (tertiary/aromatic N) is 1. The van der Waals surface area contributed by atoms with Crippen molar-refractivity contribution in [3.63, 3.8) is 0 Å². The standard InChI is InChI=1S/C15H18N2O5S/c1-20-9-4-5-10-11(8-9)17-15(16-10)23-12(14(19)22-3)6-7-13(18)21-2/h4-5,8,12H,6-7H2,1-3H3,(H,16,17). The molecule has 0 aliphatic rings. The number of nitrogens with one attached hydrogen (secondary N) is 1. The van der Waals surface area contributed by atoms with Crippen LogP contribution in [0.4, 0.5) is 0 Å². The molecule has 2 rings (SSSR count). The highest BCUT2D eigenvalue weighted by Crippen LogP contribution is 2.28. The molecule has 1 heterocycles. The fourth-order valence-electron chi connectivity index (χ4n) is 1.99.